The van der Waals surface area contributed by atoms with E-state index >= 15 is 0 Å². The first-order chi connectivity index (χ1) is 10.1. The van der Waals surface area contributed by atoms with Crippen LogP contribution >= 0.6 is 0 Å². The topological polar surface area (TPSA) is 38.3 Å². The van der Waals surface area contributed by atoms with Crippen molar-refractivity contribution in [2.45, 2.75) is 19.8 Å². The minimum absolute atomic E-state index is 0.0903. The molecule has 3 nitrogen and oxygen atoms in total. The van der Waals surface area contributed by atoms with Crippen molar-refractivity contribution in [2.75, 3.05) is 12.4 Å². The molecule has 0 atom stereocenters. The number of aryl methyl sites for hydroxylation is 2. The summed E-state index contributed by atoms with van der Waals surface area (Å²) >= 11 is 0. The molecule has 1 N–H and O–H groups in total. The summed E-state index contributed by atoms with van der Waals surface area (Å²) < 4.78 is 18.1. The third kappa shape index (κ3) is 4.31. The van der Waals surface area contributed by atoms with Crippen LogP contribution in [0.25, 0.3) is 0 Å². The van der Waals surface area contributed by atoms with Gasteiger partial charge in [-0.3, -0.25) is 4.79 Å². The maximum Gasteiger partial charge on any atom is 0.224 e. The summed E-state index contributed by atoms with van der Waals surface area (Å²) in [7, 11) is 1.61. The van der Waals surface area contributed by atoms with Crippen LogP contribution in [0.4, 0.5) is 10.1 Å². The lowest BCUT2D eigenvalue weighted by Crippen LogP contribution is -2.13. The van der Waals surface area contributed by atoms with Crippen molar-refractivity contribution >= 4 is 11.6 Å². The maximum atomic E-state index is 13.0. The molecule has 21 heavy (non-hydrogen) atoms. The Balaban J connectivity index is 1.92. The Hall–Kier alpha value is -2.36. The molecule has 110 valence electrons. The van der Waals surface area contributed by atoms with Crippen molar-refractivity contribution < 1.29 is 13.9 Å². The summed E-state index contributed by atoms with van der Waals surface area (Å²) in [5.74, 6) is 0.386. The first-order valence-electron chi connectivity index (χ1n) is 6.77. The number of carbonyl (C=O) groups is 1. The number of methoxy groups -OCH3 is 1. The van der Waals surface area contributed by atoms with E-state index in [0.717, 1.165) is 11.3 Å². The lowest BCUT2D eigenvalue weighted by Gasteiger charge is -2.09. The monoisotopic (exact) mass is 287 g/mol. The number of hydrogen-bond donors (Lipinski definition) is 1. The van der Waals surface area contributed by atoms with Gasteiger partial charge in [-0.2, -0.15) is 0 Å². The summed E-state index contributed by atoms with van der Waals surface area (Å²) in [6.07, 6.45) is 0.993. The smallest absolute Gasteiger partial charge is 0.224 e. The van der Waals surface area contributed by atoms with E-state index in [1.165, 1.54) is 12.1 Å². The number of nitrogens with one attached hydrogen (secondary N) is 1. The number of anilines is 1. The molecule has 0 fully saturated rings. The standard InChI is InChI=1S/C17H18FNO2/c1-12-10-14(18)7-8-16(12)19-17(20)9-6-13-4-3-5-15(11-13)21-2/h3-5,7-8,10-11H,6,9H2,1-2H3,(H,19,20). The summed E-state index contributed by atoms with van der Waals surface area (Å²) in [6, 6.07) is 12.0. The molecule has 0 radical (unpaired) electrons. The highest BCUT2D eigenvalue weighted by Crippen LogP contribution is 2.17. The predicted molar refractivity (Wildman–Crippen MR) is 81.1 cm³/mol. The first kappa shape index (κ1) is 15.0. The van der Waals surface area contributed by atoms with Crippen LogP contribution in [0.3, 0.4) is 0 Å². The Bertz CT molecular complexity index is 640. The molecule has 4 heteroatoms. The molecule has 2 aromatic carbocycles. The van der Waals surface area contributed by atoms with Gasteiger partial charge in [-0.25, -0.2) is 4.39 Å². The van der Waals surface area contributed by atoms with E-state index in [2.05, 4.69) is 5.32 Å². The van der Waals surface area contributed by atoms with Crippen molar-refractivity contribution in [3.63, 3.8) is 0 Å². The van der Waals surface area contributed by atoms with Crippen molar-refractivity contribution in [1.82, 2.24) is 0 Å². The Morgan fingerprint density at radius 1 is 1.24 bits per heavy atom. The van der Waals surface area contributed by atoms with E-state index in [9.17, 15) is 9.18 Å². The largest absolute Gasteiger partial charge is 0.497 e. The molecule has 0 heterocycles. The van der Waals surface area contributed by atoms with Gasteiger partial charge >= 0.3 is 0 Å². The molecular weight excluding hydrogens is 269 g/mol. The third-order valence-electron chi connectivity index (χ3n) is 3.24. The van der Waals surface area contributed by atoms with E-state index in [-0.39, 0.29) is 11.7 Å². The van der Waals surface area contributed by atoms with Crippen molar-refractivity contribution in [2.24, 2.45) is 0 Å². The predicted octanol–water partition coefficient (Wildman–Crippen LogP) is 3.71. The lowest BCUT2D eigenvalue weighted by atomic mass is 10.1. The van der Waals surface area contributed by atoms with Crippen LogP contribution in [0, 0.1) is 12.7 Å². The molecular formula is C17H18FNO2. The van der Waals surface area contributed by atoms with E-state index in [4.69, 9.17) is 4.74 Å². The highest BCUT2D eigenvalue weighted by molar-refractivity contribution is 5.91. The summed E-state index contributed by atoms with van der Waals surface area (Å²) in [5, 5.41) is 2.80. The van der Waals surface area contributed by atoms with Crippen LogP contribution in [0.15, 0.2) is 42.5 Å². The van der Waals surface area contributed by atoms with Gasteiger partial charge in [-0.05, 0) is 54.8 Å². The van der Waals surface area contributed by atoms with Gasteiger partial charge in [0.2, 0.25) is 5.91 Å². The summed E-state index contributed by atoms with van der Waals surface area (Å²) in [4.78, 5) is 11.9. The summed E-state index contributed by atoms with van der Waals surface area (Å²) in [6.45, 7) is 1.76. The first-order valence-corrected chi connectivity index (χ1v) is 6.77. The number of benzene rings is 2. The molecule has 2 rings (SSSR count). The number of carbonyl (C=O) groups excluding carboxylic acids is 1. The molecule has 0 saturated carbocycles. The Labute approximate surface area is 123 Å². The van der Waals surface area contributed by atoms with Gasteiger partial charge < -0.3 is 10.1 Å². The van der Waals surface area contributed by atoms with Gasteiger partial charge in [-0.15, -0.1) is 0 Å². The van der Waals surface area contributed by atoms with Crippen molar-refractivity contribution in [3.05, 3.63) is 59.4 Å². The number of ether oxygens (including phenoxy) is 1. The SMILES string of the molecule is COc1cccc(CCC(=O)Nc2ccc(F)cc2C)c1. The fourth-order valence-electron chi connectivity index (χ4n) is 2.07. The highest BCUT2D eigenvalue weighted by Gasteiger charge is 2.06. The van der Waals surface area contributed by atoms with Gasteiger partial charge in [0, 0.05) is 12.1 Å². The molecule has 0 aliphatic carbocycles. The van der Waals surface area contributed by atoms with E-state index in [0.29, 0.717) is 24.1 Å². The zero-order chi connectivity index (χ0) is 15.2. The van der Waals surface area contributed by atoms with Crippen molar-refractivity contribution in [1.29, 1.82) is 0 Å². The molecule has 0 unspecified atom stereocenters. The second-order valence-electron chi connectivity index (χ2n) is 4.86. The Morgan fingerprint density at radius 3 is 2.76 bits per heavy atom. The van der Waals surface area contributed by atoms with Crippen LogP contribution in [-0.2, 0) is 11.2 Å². The van der Waals surface area contributed by atoms with Gasteiger partial charge in [0.05, 0.1) is 7.11 Å². The molecule has 0 saturated heterocycles. The van der Waals surface area contributed by atoms with Gasteiger partial charge in [0.25, 0.3) is 0 Å². The highest BCUT2D eigenvalue weighted by atomic mass is 19.1. The fourth-order valence-corrected chi connectivity index (χ4v) is 2.07. The third-order valence-corrected chi connectivity index (χ3v) is 3.24. The maximum absolute atomic E-state index is 13.0. The molecule has 0 bridgehead atoms. The molecule has 2 aromatic rings. The lowest BCUT2D eigenvalue weighted by molar-refractivity contribution is -0.116. The minimum Gasteiger partial charge on any atom is -0.497 e. The Kier molecular flexibility index (Phi) is 4.93. The van der Waals surface area contributed by atoms with Crippen LogP contribution in [0.2, 0.25) is 0 Å². The summed E-state index contributed by atoms with van der Waals surface area (Å²) in [5.41, 5.74) is 2.40. The number of rotatable bonds is 5. The van der Waals surface area contributed by atoms with E-state index < -0.39 is 0 Å². The van der Waals surface area contributed by atoms with Gasteiger partial charge in [-0.1, -0.05) is 12.1 Å². The van der Waals surface area contributed by atoms with Gasteiger partial charge in [0.1, 0.15) is 11.6 Å². The quantitative estimate of drug-likeness (QED) is 0.910. The van der Waals surface area contributed by atoms with Gasteiger partial charge in [0.15, 0.2) is 0 Å². The average Bonchev–Trinajstić information content (AvgIpc) is 2.48. The zero-order valence-electron chi connectivity index (χ0n) is 12.2. The average molecular weight is 287 g/mol. The van der Waals surface area contributed by atoms with Crippen LogP contribution in [0.1, 0.15) is 17.5 Å². The Morgan fingerprint density at radius 2 is 2.05 bits per heavy atom. The van der Waals surface area contributed by atoms with Crippen LogP contribution in [0.5, 0.6) is 5.75 Å². The van der Waals surface area contributed by atoms with Crippen molar-refractivity contribution in [3.8, 4) is 5.75 Å². The number of amides is 1. The molecule has 0 aliphatic rings. The van der Waals surface area contributed by atoms with Crippen LogP contribution in [-0.4, -0.2) is 13.0 Å². The van der Waals surface area contributed by atoms with E-state index in [1.807, 2.05) is 24.3 Å². The molecule has 0 aliphatic heterocycles. The van der Waals surface area contributed by atoms with E-state index in [1.54, 1.807) is 20.1 Å². The molecule has 0 spiro atoms. The minimum atomic E-state index is -0.304. The van der Waals surface area contributed by atoms with Crippen LogP contribution < -0.4 is 10.1 Å². The fraction of sp³-hybridized carbons (Fsp3) is 0.235. The number of hydrogen-bond acceptors (Lipinski definition) is 2. The number of halogens is 1. The molecule has 1 amide bonds. The zero-order valence-corrected chi connectivity index (χ0v) is 12.2. The normalized spacial score (nSPS) is 10.2. The second-order valence-corrected chi connectivity index (χ2v) is 4.86. The second kappa shape index (κ2) is 6.88. The molecule has 0 aromatic heterocycles.